The first-order valence-corrected chi connectivity index (χ1v) is 11.6. The molecule has 5 rings (SSSR count). The van der Waals surface area contributed by atoms with Crippen LogP contribution in [0.1, 0.15) is 26.3 Å². The summed E-state index contributed by atoms with van der Waals surface area (Å²) in [6, 6.07) is 21.4. The van der Waals surface area contributed by atoms with Gasteiger partial charge >= 0.3 is 0 Å². The van der Waals surface area contributed by atoms with Crippen molar-refractivity contribution in [2.45, 2.75) is 26.2 Å². The Bertz CT molecular complexity index is 1580. The van der Waals surface area contributed by atoms with Crippen molar-refractivity contribution >= 4 is 50.9 Å². The third-order valence-electron chi connectivity index (χ3n) is 5.62. The molecule has 0 unspecified atom stereocenters. The molecule has 7 heteroatoms. The maximum Gasteiger partial charge on any atom is 0.157 e. The number of hydrogen-bond acceptors (Lipinski definition) is 5. The molecular formula is C27H22Cl2N4O. The van der Waals surface area contributed by atoms with Crippen LogP contribution in [0, 0.1) is 0 Å². The molecule has 0 atom stereocenters. The zero-order valence-electron chi connectivity index (χ0n) is 18.9. The van der Waals surface area contributed by atoms with Crippen LogP contribution in [0.2, 0.25) is 10.0 Å². The van der Waals surface area contributed by atoms with Gasteiger partial charge in [-0.2, -0.15) is 5.10 Å². The molecule has 170 valence electrons. The van der Waals surface area contributed by atoms with Gasteiger partial charge in [-0.15, -0.1) is 0 Å². The van der Waals surface area contributed by atoms with E-state index in [-0.39, 0.29) is 5.41 Å². The maximum atomic E-state index is 6.51. The Kier molecular flexibility index (Phi) is 5.76. The summed E-state index contributed by atoms with van der Waals surface area (Å²) < 4.78 is 6.22. The zero-order chi connectivity index (χ0) is 23.9. The number of nitrogens with one attached hydrogen (secondary N) is 1. The van der Waals surface area contributed by atoms with Gasteiger partial charge in [0.25, 0.3) is 0 Å². The molecule has 2 aromatic heterocycles. The zero-order valence-corrected chi connectivity index (χ0v) is 20.4. The van der Waals surface area contributed by atoms with E-state index in [9.17, 15) is 0 Å². The van der Waals surface area contributed by atoms with Crippen LogP contribution < -0.4 is 10.8 Å². The van der Waals surface area contributed by atoms with Crippen molar-refractivity contribution < 1.29 is 4.42 Å². The minimum absolute atomic E-state index is 0.0594. The summed E-state index contributed by atoms with van der Waals surface area (Å²) in [6.45, 7) is 6.56. The summed E-state index contributed by atoms with van der Waals surface area (Å²) in [5.74, 6) is 1.24. The van der Waals surface area contributed by atoms with Crippen LogP contribution in [0.4, 0.5) is 5.82 Å². The van der Waals surface area contributed by atoms with Gasteiger partial charge in [0, 0.05) is 27.4 Å². The molecular weight excluding hydrogens is 467 g/mol. The molecule has 0 aliphatic rings. The number of rotatable bonds is 3. The lowest BCUT2D eigenvalue weighted by atomic mass is 9.86. The number of benzene rings is 3. The highest BCUT2D eigenvalue weighted by atomic mass is 35.5. The topological polar surface area (TPSA) is 63.3 Å². The second kappa shape index (κ2) is 8.75. The third-order valence-corrected chi connectivity index (χ3v) is 6.12. The Morgan fingerprint density at radius 2 is 1.65 bits per heavy atom. The normalized spacial score (nSPS) is 12.4. The molecule has 3 aromatic carbocycles. The van der Waals surface area contributed by atoms with Crippen molar-refractivity contribution in [2.24, 2.45) is 5.10 Å². The summed E-state index contributed by atoms with van der Waals surface area (Å²) in [6.07, 6.45) is 1.51. The summed E-state index contributed by atoms with van der Waals surface area (Å²) in [5.41, 5.74) is 6.65. The Labute approximate surface area is 207 Å². The molecule has 5 nitrogen and oxygen atoms in total. The van der Waals surface area contributed by atoms with Crippen LogP contribution in [0.5, 0.6) is 0 Å². The first kappa shape index (κ1) is 22.4. The summed E-state index contributed by atoms with van der Waals surface area (Å²) >= 11 is 12.8. The highest BCUT2D eigenvalue weighted by Crippen LogP contribution is 2.31. The van der Waals surface area contributed by atoms with Crippen LogP contribution in [0.25, 0.3) is 33.2 Å². The molecule has 0 spiro atoms. The predicted molar refractivity (Wildman–Crippen MR) is 139 cm³/mol. The lowest BCUT2D eigenvalue weighted by Gasteiger charge is -2.19. The number of fused-ring (bicyclic) bond motifs is 2. The standard InChI is InChI=1S/C27H22Cl2N4O/c1-27(2,3)17-10-8-16(9-11-17)24-14-23(20-12-18(28)13-21(29)25(20)34-24)32-33-26-19-6-4-5-7-22(19)30-15-31-26/h4-15H,1-3H3,(H,30,31,33)/b32-23+. The number of halogens is 2. The molecule has 1 N–H and O–H groups in total. The monoisotopic (exact) mass is 488 g/mol. The number of para-hydroxylation sites is 1. The number of anilines is 1. The molecule has 0 aliphatic heterocycles. The fourth-order valence-corrected chi connectivity index (χ4v) is 4.30. The van der Waals surface area contributed by atoms with E-state index < -0.39 is 0 Å². The second-order valence-corrected chi connectivity index (χ2v) is 9.89. The summed E-state index contributed by atoms with van der Waals surface area (Å²) in [4.78, 5) is 8.66. The van der Waals surface area contributed by atoms with Gasteiger partial charge in [0.2, 0.25) is 0 Å². The maximum absolute atomic E-state index is 6.51. The molecule has 0 fully saturated rings. The van der Waals surface area contributed by atoms with E-state index in [1.165, 1.54) is 11.9 Å². The van der Waals surface area contributed by atoms with E-state index in [0.717, 1.165) is 16.5 Å². The molecule has 0 bridgehead atoms. The largest absolute Gasteiger partial charge is 0.454 e. The van der Waals surface area contributed by atoms with E-state index in [1.807, 2.05) is 42.5 Å². The van der Waals surface area contributed by atoms with Crippen LogP contribution in [0.3, 0.4) is 0 Å². The first-order valence-electron chi connectivity index (χ1n) is 10.8. The smallest absolute Gasteiger partial charge is 0.157 e. The fraction of sp³-hybridized carbons (Fsp3) is 0.148. The van der Waals surface area contributed by atoms with E-state index >= 15 is 0 Å². The van der Waals surface area contributed by atoms with Crippen molar-refractivity contribution in [1.29, 1.82) is 0 Å². The van der Waals surface area contributed by atoms with Gasteiger partial charge in [-0.05, 0) is 35.2 Å². The first-order chi connectivity index (χ1) is 16.3. The van der Waals surface area contributed by atoms with Crippen molar-refractivity contribution in [3.05, 3.63) is 94.0 Å². The van der Waals surface area contributed by atoms with Crippen molar-refractivity contribution in [2.75, 3.05) is 5.43 Å². The molecule has 5 aromatic rings. The quantitative estimate of drug-likeness (QED) is 0.266. The van der Waals surface area contributed by atoms with Crippen molar-refractivity contribution in [3.8, 4) is 11.3 Å². The van der Waals surface area contributed by atoms with Gasteiger partial charge in [-0.1, -0.05) is 80.4 Å². The van der Waals surface area contributed by atoms with Gasteiger partial charge in [-0.25, -0.2) is 9.97 Å². The Morgan fingerprint density at radius 3 is 2.41 bits per heavy atom. The Morgan fingerprint density at radius 1 is 0.882 bits per heavy atom. The summed E-state index contributed by atoms with van der Waals surface area (Å²) in [7, 11) is 0. The molecule has 0 saturated carbocycles. The lowest BCUT2D eigenvalue weighted by Crippen LogP contribution is -2.10. The summed E-state index contributed by atoms with van der Waals surface area (Å²) in [5, 5.41) is 7.77. The van der Waals surface area contributed by atoms with E-state index in [1.54, 1.807) is 12.1 Å². The van der Waals surface area contributed by atoms with Gasteiger partial charge < -0.3 is 4.42 Å². The highest BCUT2D eigenvalue weighted by molar-refractivity contribution is 6.38. The second-order valence-electron chi connectivity index (χ2n) is 9.05. The highest BCUT2D eigenvalue weighted by Gasteiger charge is 2.15. The predicted octanol–water partition coefficient (Wildman–Crippen LogP) is 7.58. The van der Waals surface area contributed by atoms with Crippen LogP contribution >= 0.6 is 23.2 Å². The molecule has 0 radical (unpaired) electrons. The average molecular weight is 489 g/mol. The molecule has 34 heavy (non-hydrogen) atoms. The number of hydrogen-bond donors (Lipinski definition) is 1. The van der Waals surface area contributed by atoms with Crippen molar-refractivity contribution in [1.82, 2.24) is 9.97 Å². The molecule has 0 saturated heterocycles. The van der Waals surface area contributed by atoms with Gasteiger partial charge in [0.15, 0.2) is 11.4 Å². The van der Waals surface area contributed by atoms with Gasteiger partial charge in [0.05, 0.1) is 15.9 Å². The Balaban J connectivity index is 1.67. The average Bonchev–Trinajstić information content (AvgIpc) is 2.82. The van der Waals surface area contributed by atoms with Crippen LogP contribution in [-0.4, -0.2) is 9.97 Å². The van der Waals surface area contributed by atoms with Gasteiger partial charge in [-0.3, -0.25) is 5.43 Å². The lowest BCUT2D eigenvalue weighted by molar-refractivity contribution is 0.589. The van der Waals surface area contributed by atoms with E-state index in [4.69, 9.17) is 27.6 Å². The van der Waals surface area contributed by atoms with E-state index in [0.29, 0.717) is 37.9 Å². The SMILES string of the molecule is CC(C)(C)c1ccc(-c2c/c(=N\Nc3ncnc4ccccc34)c3cc(Cl)cc(Cl)c3o2)cc1. The third kappa shape index (κ3) is 4.37. The van der Waals surface area contributed by atoms with Crippen molar-refractivity contribution in [3.63, 3.8) is 0 Å². The number of nitrogens with zero attached hydrogens (tertiary/aromatic N) is 3. The molecule has 0 amide bonds. The van der Waals surface area contributed by atoms with Crippen LogP contribution in [-0.2, 0) is 5.41 Å². The number of aromatic nitrogens is 2. The van der Waals surface area contributed by atoms with E-state index in [2.05, 4.69) is 53.4 Å². The van der Waals surface area contributed by atoms with Gasteiger partial charge in [0.1, 0.15) is 12.1 Å². The van der Waals surface area contributed by atoms with Crippen LogP contribution in [0.15, 0.2) is 82.6 Å². The fourth-order valence-electron chi connectivity index (χ4n) is 3.77. The minimum atomic E-state index is 0.0594. The molecule has 0 aliphatic carbocycles. The minimum Gasteiger partial charge on any atom is -0.454 e. The molecule has 2 heterocycles. The Hall–Kier alpha value is -3.41.